The Morgan fingerprint density at radius 1 is 1.33 bits per heavy atom. The summed E-state index contributed by atoms with van der Waals surface area (Å²) in [4.78, 5) is 0. The van der Waals surface area contributed by atoms with E-state index in [-0.39, 0.29) is 0 Å². The predicted molar refractivity (Wildman–Crippen MR) is 39.4 cm³/mol. The molecule has 2 nitrogen and oxygen atoms in total. The second-order valence-electron chi connectivity index (χ2n) is 3.09. The number of aliphatic hydroxyl groups is 1. The largest absolute Gasteiger partial charge is 0.396 e. The van der Waals surface area contributed by atoms with Crippen LogP contribution in [0.15, 0.2) is 0 Å². The van der Waals surface area contributed by atoms with E-state index in [9.17, 15) is 13.2 Å². The molecule has 0 aromatic carbocycles. The van der Waals surface area contributed by atoms with E-state index in [4.69, 9.17) is 10.8 Å². The Morgan fingerprint density at radius 2 is 1.75 bits per heavy atom. The normalized spacial score (nSPS) is 20.2. The minimum atomic E-state index is -4.32. The Labute approximate surface area is 69.6 Å². The predicted octanol–water partition coefficient (Wildman–Crippen LogP) is 1.14. The second kappa shape index (κ2) is 4.09. The summed E-state index contributed by atoms with van der Waals surface area (Å²) >= 11 is 0. The molecule has 0 radical (unpaired) electrons. The summed E-state index contributed by atoms with van der Waals surface area (Å²) in [6, 6.07) is -0.979. The van der Waals surface area contributed by atoms with Gasteiger partial charge in [0.25, 0.3) is 0 Å². The fourth-order valence-corrected chi connectivity index (χ4v) is 1.25. The number of alkyl halides is 3. The average molecular weight is 185 g/mol. The summed E-state index contributed by atoms with van der Waals surface area (Å²) in [5.41, 5.74) is 5.17. The van der Waals surface area contributed by atoms with Crippen molar-refractivity contribution in [3.05, 3.63) is 0 Å². The molecule has 0 saturated carbocycles. The Kier molecular flexibility index (Phi) is 3.99. The molecule has 0 aromatic heterocycles. The number of hydrogen-bond acceptors (Lipinski definition) is 2. The number of aliphatic hydroxyl groups excluding tert-OH is 1. The Bertz CT molecular complexity index is 135. The van der Waals surface area contributed by atoms with Gasteiger partial charge in [-0.15, -0.1) is 0 Å². The Balaban J connectivity index is 4.44. The van der Waals surface area contributed by atoms with E-state index in [0.717, 1.165) is 0 Å². The summed E-state index contributed by atoms with van der Waals surface area (Å²) < 4.78 is 36.7. The van der Waals surface area contributed by atoms with E-state index in [1.54, 1.807) is 0 Å². The van der Waals surface area contributed by atoms with Crippen molar-refractivity contribution in [3.8, 4) is 0 Å². The van der Waals surface area contributed by atoms with Crippen molar-refractivity contribution in [1.29, 1.82) is 0 Å². The molecule has 0 aromatic rings. The standard InChI is InChI=1S/C7H14F3NO/c1-4(3-12)6(5(2)11)7(8,9)10/h4-6,12H,3,11H2,1-2H3/t4?,5?,6-/m0/s1. The van der Waals surface area contributed by atoms with Gasteiger partial charge in [-0.25, -0.2) is 0 Å². The molecule has 0 aliphatic heterocycles. The number of halogens is 3. The van der Waals surface area contributed by atoms with Gasteiger partial charge in [-0.2, -0.15) is 13.2 Å². The SMILES string of the molecule is CC(N)[C@H](C(C)CO)C(F)(F)F. The molecule has 0 heterocycles. The van der Waals surface area contributed by atoms with Gasteiger partial charge in [-0.1, -0.05) is 6.92 Å². The lowest BCUT2D eigenvalue weighted by molar-refractivity contribution is -0.195. The van der Waals surface area contributed by atoms with Gasteiger partial charge in [-0.3, -0.25) is 0 Å². The van der Waals surface area contributed by atoms with Crippen LogP contribution < -0.4 is 5.73 Å². The molecule has 0 bridgehead atoms. The minimum Gasteiger partial charge on any atom is -0.396 e. The highest BCUT2D eigenvalue weighted by Crippen LogP contribution is 2.33. The molecule has 0 aliphatic rings. The highest BCUT2D eigenvalue weighted by atomic mass is 19.4. The third-order valence-electron chi connectivity index (χ3n) is 1.85. The molecule has 0 rings (SSSR count). The second-order valence-corrected chi connectivity index (χ2v) is 3.09. The third-order valence-corrected chi connectivity index (χ3v) is 1.85. The van der Waals surface area contributed by atoms with Gasteiger partial charge in [0.2, 0.25) is 0 Å². The van der Waals surface area contributed by atoms with Gasteiger partial charge in [0.15, 0.2) is 0 Å². The number of rotatable bonds is 3. The fraction of sp³-hybridized carbons (Fsp3) is 1.00. The Morgan fingerprint density at radius 3 is 1.83 bits per heavy atom. The van der Waals surface area contributed by atoms with Crippen LogP contribution in [0.25, 0.3) is 0 Å². The monoisotopic (exact) mass is 185 g/mol. The number of hydrogen-bond donors (Lipinski definition) is 2. The van der Waals surface area contributed by atoms with Crippen LogP contribution in [0.1, 0.15) is 13.8 Å². The van der Waals surface area contributed by atoms with E-state index < -0.39 is 30.7 Å². The molecule has 0 aliphatic carbocycles. The maximum atomic E-state index is 12.2. The summed E-state index contributed by atoms with van der Waals surface area (Å²) in [6.07, 6.45) is -4.32. The van der Waals surface area contributed by atoms with E-state index >= 15 is 0 Å². The molecule has 12 heavy (non-hydrogen) atoms. The fourth-order valence-electron chi connectivity index (χ4n) is 1.25. The average Bonchev–Trinajstić information content (AvgIpc) is 1.83. The van der Waals surface area contributed by atoms with Crippen molar-refractivity contribution in [3.63, 3.8) is 0 Å². The van der Waals surface area contributed by atoms with Crippen LogP contribution in [0.2, 0.25) is 0 Å². The molecule has 0 amide bonds. The molecular formula is C7H14F3NO. The van der Waals surface area contributed by atoms with Crippen molar-refractivity contribution < 1.29 is 18.3 Å². The zero-order valence-electron chi connectivity index (χ0n) is 7.10. The summed E-state index contributed by atoms with van der Waals surface area (Å²) in [5.74, 6) is -2.47. The van der Waals surface area contributed by atoms with Crippen molar-refractivity contribution >= 4 is 0 Å². The summed E-state index contributed by atoms with van der Waals surface area (Å²) in [7, 11) is 0. The smallest absolute Gasteiger partial charge is 0.393 e. The summed E-state index contributed by atoms with van der Waals surface area (Å²) in [5, 5.41) is 8.56. The van der Waals surface area contributed by atoms with E-state index in [2.05, 4.69) is 0 Å². The zero-order valence-corrected chi connectivity index (χ0v) is 7.10. The van der Waals surface area contributed by atoms with Crippen molar-refractivity contribution in [2.45, 2.75) is 26.1 Å². The van der Waals surface area contributed by atoms with E-state index in [1.165, 1.54) is 13.8 Å². The molecule has 74 valence electrons. The quantitative estimate of drug-likeness (QED) is 0.692. The van der Waals surface area contributed by atoms with Crippen LogP contribution in [0.4, 0.5) is 13.2 Å². The van der Waals surface area contributed by atoms with Crippen LogP contribution in [-0.4, -0.2) is 23.9 Å². The van der Waals surface area contributed by atoms with Gasteiger partial charge in [0.1, 0.15) is 0 Å². The lowest BCUT2D eigenvalue weighted by Gasteiger charge is -2.27. The first-order valence-corrected chi connectivity index (χ1v) is 3.73. The topological polar surface area (TPSA) is 46.2 Å². The van der Waals surface area contributed by atoms with Crippen molar-refractivity contribution in [2.75, 3.05) is 6.61 Å². The summed E-state index contributed by atoms with van der Waals surface area (Å²) in [6.45, 7) is 2.14. The highest BCUT2D eigenvalue weighted by Gasteiger charge is 2.44. The van der Waals surface area contributed by atoms with Crippen LogP contribution >= 0.6 is 0 Å². The lowest BCUT2D eigenvalue weighted by Crippen LogP contribution is -2.43. The maximum absolute atomic E-state index is 12.2. The first-order chi connectivity index (χ1) is 5.30. The third kappa shape index (κ3) is 2.98. The van der Waals surface area contributed by atoms with Crippen LogP contribution in [0.3, 0.4) is 0 Å². The van der Waals surface area contributed by atoms with Crippen molar-refractivity contribution in [2.24, 2.45) is 17.6 Å². The molecule has 3 N–H and O–H groups in total. The van der Waals surface area contributed by atoms with Crippen LogP contribution in [0.5, 0.6) is 0 Å². The molecule has 5 heteroatoms. The minimum absolute atomic E-state index is 0.494. The van der Waals surface area contributed by atoms with Gasteiger partial charge in [0, 0.05) is 12.6 Å². The Hall–Kier alpha value is -0.290. The zero-order chi connectivity index (χ0) is 9.94. The van der Waals surface area contributed by atoms with Gasteiger partial charge < -0.3 is 10.8 Å². The van der Waals surface area contributed by atoms with Gasteiger partial charge in [-0.05, 0) is 12.8 Å². The highest BCUT2D eigenvalue weighted by molar-refractivity contribution is 4.79. The van der Waals surface area contributed by atoms with E-state index in [1.807, 2.05) is 0 Å². The van der Waals surface area contributed by atoms with E-state index in [0.29, 0.717) is 0 Å². The van der Waals surface area contributed by atoms with Crippen LogP contribution in [-0.2, 0) is 0 Å². The molecule has 0 fully saturated rings. The molecule has 2 unspecified atom stereocenters. The molecule has 0 spiro atoms. The first-order valence-electron chi connectivity index (χ1n) is 3.73. The molecule has 3 atom stereocenters. The maximum Gasteiger partial charge on any atom is 0.393 e. The number of nitrogens with two attached hydrogens (primary N) is 1. The van der Waals surface area contributed by atoms with Crippen LogP contribution in [0, 0.1) is 11.8 Å². The molecular weight excluding hydrogens is 171 g/mol. The van der Waals surface area contributed by atoms with Gasteiger partial charge in [0.05, 0.1) is 5.92 Å². The molecule has 0 saturated heterocycles. The first kappa shape index (κ1) is 11.7. The lowest BCUT2D eigenvalue weighted by atomic mass is 9.88. The van der Waals surface area contributed by atoms with Gasteiger partial charge >= 0.3 is 6.18 Å². The van der Waals surface area contributed by atoms with Crippen molar-refractivity contribution in [1.82, 2.24) is 0 Å².